The van der Waals surface area contributed by atoms with E-state index in [1.807, 2.05) is 18.3 Å². The zero-order chi connectivity index (χ0) is 10.7. The minimum Gasteiger partial charge on any atom is -0.370 e. The number of aliphatic imine (C=N–C) groups is 1. The Balaban J connectivity index is 0.00000128. The van der Waals surface area contributed by atoms with Gasteiger partial charge in [-0.3, -0.25) is 4.99 Å². The van der Waals surface area contributed by atoms with E-state index in [9.17, 15) is 0 Å². The third-order valence-electron chi connectivity index (χ3n) is 2.35. The van der Waals surface area contributed by atoms with Gasteiger partial charge < -0.3 is 16.5 Å². The topological polar surface area (TPSA) is 80.2 Å². The lowest BCUT2D eigenvalue weighted by Crippen LogP contribution is -2.23. The Hall–Kier alpha value is -1.24. The van der Waals surface area contributed by atoms with E-state index < -0.39 is 0 Å². The molecule has 0 spiro atoms. The molecule has 0 radical (unpaired) electrons. The summed E-state index contributed by atoms with van der Waals surface area (Å²) >= 11 is 0. The first-order valence-electron chi connectivity index (χ1n) is 4.88. The Morgan fingerprint density at radius 2 is 2.00 bits per heavy atom. The smallest absolute Gasteiger partial charge is 0.185 e. The van der Waals surface area contributed by atoms with Crippen LogP contribution in [0.15, 0.2) is 35.5 Å². The molecule has 0 saturated carbocycles. The van der Waals surface area contributed by atoms with E-state index in [4.69, 9.17) is 11.5 Å². The van der Waals surface area contributed by atoms with Gasteiger partial charge in [-0.25, -0.2) is 0 Å². The fraction of sp³-hybridized carbons (Fsp3) is 0.182. The number of aromatic nitrogens is 1. The van der Waals surface area contributed by atoms with Crippen LogP contribution in [-0.2, 0) is 6.42 Å². The third kappa shape index (κ3) is 2.88. The summed E-state index contributed by atoms with van der Waals surface area (Å²) in [6, 6.07) is 8.19. The number of nitrogens with one attached hydrogen (secondary N) is 1. The molecule has 0 fully saturated rings. The van der Waals surface area contributed by atoms with Crippen molar-refractivity contribution >= 4 is 40.8 Å². The highest BCUT2D eigenvalue weighted by Crippen LogP contribution is 2.17. The molecule has 4 nitrogen and oxygen atoms in total. The molecule has 1 aromatic carbocycles. The number of H-pyrrole nitrogens is 1. The van der Waals surface area contributed by atoms with Crippen LogP contribution in [0, 0.1) is 0 Å². The van der Waals surface area contributed by atoms with Crippen LogP contribution in [0.25, 0.3) is 10.9 Å². The second-order valence-corrected chi connectivity index (χ2v) is 3.42. The van der Waals surface area contributed by atoms with Gasteiger partial charge in [0.1, 0.15) is 0 Å². The Kier molecular flexibility index (Phi) is 4.60. The van der Waals surface area contributed by atoms with Crippen LogP contribution in [0.5, 0.6) is 0 Å². The van der Waals surface area contributed by atoms with Crippen molar-refractivity contribution in [2.75, 3.05) is 6.54 Å². The monoisotopic (exact) mass is 330 g/mol. The second kappa shape index (κ2) is 5.74. The summed E-state index contributed by atoms with van der Waals surface area (Å²) in [7, 11) is 0. The number of benzene rings is 1. The SMILES string of the molecule is I.NC(N)=NCCc1c[nH]c2ccccc12. The van der Waals surface area contributed by atoms with Gasteiger partial charge in [0.15, 0.2) is 5.96 Å². The number of hydrogen-bond acceptors (Lipinski definition) is 1. The molecule has 16 heavy (non-hydrogen) atoms. The average Bonchev–Trinajstić information content (AvgIpc) is 2.62. The molecular formula is C11H15IN4. The maximum atomic E-state index is 5.26. The quantitative estimate of drug-likeness (QED) is 0.454. The maximum absolute atomic E-state index is 5.26. The van der Waals surface area contributed by atoms with Crippen molar-refractivity contribution in [3.8, 4) is 0 Å². The molecule has 0 atom stereocenters. The molecule has 0 unspecified atom stereocenters. The molecule has 2 aromatic rings. The van der Waals surface area contributed by atoms with E-state index in [0.29, 0.717) is 6.54 Å². The third-order valence-corrected chi connectivity index (χ3v) is 2.35. The predicted octanol–water partition coefficient (Wildman–Crippen LogP) is 1.60. The van der Waals surface area contributed by atoms with E-state index >= 15 is 0 Å². The van der Waals surface area contributed by atoms with Gasteiger partial charge in [0.05, 0.1) is 0 Å². The van der Waals surface area contributed by atoms with Gasteiger partial charge in [0, 0.05) is 23.6 Å². The highest BCUT2D eigenvalue weighted by Gasteiger charge is 2.01. The van der Waals surface area contributed by atoms with E-state index in [-0.39, 0.29) is 29.9 Å². The molecule has 0 saturated heterocycles. The van der Waals surface area contributed by atoms with E-state index in [0.717, 1.165) is 11.9 Å². The number of fused-ring (bicyclic) bond motifs is 1. The largest absolute Gasteiger partial charge is 0.370 e. The maximum Gasteiger partial charge on any atom is 0.185 e. The van der Waals surface area contributed by atoms with Gasteiger partial charge in [-0.15, -0.1) is 24.0 Å². The number of para-hydroxylation sites is 1. The molecule has 0 aliphatic carbocycles. The van der Waals surface area contributed by atoms with Gasteiger partial charge >= 0.3 is 0 Å². The van der Waals surface area contributed by atoms with Crippen molar-refractivity contribution in [1.29, 1.82) is 0 Å². The van der Waals surface area contributed by atoms with Gasteiger partial charge in [0.25, 0.3) is 0 Å². The lowest BCUT2D eigenvalue weighted by molar-refractivity contribution is 0.969. The van der Waals surface area contributed by atoms with Crippen LogP contribution in [-0.4, -0.2) is 17.5 Å². The number of hydrogen-bond donors (Lipinski definition) is 3. The Morgan fingerprint density at radius 3 is 2.75 bits per heavy atom. The highest BCUT2D eigenvalue weighted by molar-refractivity contribution is 14.0. The van der Waals surface area contributed by atoms with Crippen molar-refractivity contribution in [3.05, 3.63) is 36.0 Å². The lowest BCUT2D eigenvalue weighted by Gasteiger charge is -1.96. The minimum atomic E-state index is 0. The second-order valence-electron chi connectivity index (χ2n) is 3.42. The van der Waals surface area contributed by atoms with Crippen molar-refractivity contribution in [1.82, 2.24) is 4.98 Å². The van der Waals surface area contributed by atoms with Crippen LogP contribution in [0.4, 0.5) is 0 Å². The van der Waals surface area contributed by atoms with Gasteiger partial charge in [0.2, 0.25) is 0 Å². The summed E-state index contributed by atoms with van der Waals surface area (Å²) in [6.07, 6.45) is 2.86. The number of guanidine groups is 1. The molecule has 0 amide bonds. The summed E-state index contributed by atoms with van der Waals surface area (Å²) in [5.74, 6) is 0.148. The average molecular weight is 330 g/mol. The first kappa shape index (κ1) is 12.8. The zero-order valence-electron chi connectivity index (χ0n) is 8.81. The molecule has 1 heterocycles. The normalized spacial score (nSPS) is 9.75. The summed E-state index contributed by atoms with van der Waals surface area (Å²) in [4.78, 5) is 7.18. The molecule has 2 rings (SSSR count). The van der Waals surface area contributed by atoms with Crippen LogP contribution in [0.1, 0.15) is 5.56 Å². The van der Waals surface area contributed by atoms with Gasteiger partial charge in [-0.1, -0.05) is 18.2 Å². The fourth-order valence-electron chi connectivity index (χ4n) is 1.64. The van der Waals surface area contributed by atoms with Crippen molar-refractivity contribution in [3.63, 3.8) is 0 Å². The molecule has 0 aliphatic rings. The van der Waals surface area contributed by atoms with Gasteiger partial charge in [-0.2, -0.15) is 0 Å². The minimum absolute atomic E-state index is 0. The number of rotatable bonds is 3. The standard InChI is InChI=1S/C11H14N4.HI/c12-11(13)14-6-5-8-7-15-10-4-2-1-3-9(8)10;/h1-4,7,15H,5-6H2,(H4,12,13,14);1H. The highest BCUT2D eigenvalue weighted by atomic mass is 127. The zero-order valence-corrected chi connectivity index (χ0v) is 11.1. The summed E-state index contributed by atoms with van der Waals surface area (Å²) in [6.45, 7) is 0.629. The molecular weight excluding hydrogens is 315 g/mol. The molecule has 86 valence electrons. The van der Waals surface area contributed by atoms with Crippen molar-refractivity contribution in [2.45, 2.75) is 6.42 Å². The fourth-order valence-corrected chi connectivity index (χ4v) is 1.64. The molecule has 5 heteroatoms. The van der Waals surface area contributed by atoms with E-state index in [1.54, 1.807) is 0 Å². The van der Waals surface area contributed by atoms with Crippen LogP contribution >= 0.6 is 24.0 Å². The molecule has 0 aliphatic heterocycles. The Labute approximate surface area is 111 Å². The summed E-state index contributed by atoms with van der Waals surface area (Å²) in [5.41, 5.74) is 12.9. The number of nitrogens with two attached hydrogens (primary N) is 2. The number of nitrogens with zero attached hydrogens (tertiary/aromatic N) is 1. The summed E-state index contributed by atoms with van der Waals surface area (Å²) in [5, 5.41) is 1.24. The van der Waals surface area contributed by atoms with Crippen LogP contribution in [0.3, 0.4) is 0 Å². The van der Waals surface area contributed by atoms with Crippen LogP contribution < -0.4 is 11.5 Å². The first-order valence-corrected chi connectivity index (χ1v) is 4.88. The predicted molar refractivity (Wildman–Crippen MR) is 78.1 cm³/mol. The van der Waals surface area contributed by atoms with Crippen molar-refractivity contribution in [2.24, 2.45) is 16.5 Å². The van der Waals surface area contributed by atoms with E-state index in [1.165, 1.54) is 10.9 Å². The van der Waals surface area contributed by atoms with Crippen molar-refractivity contribution < 1.29 is 0 Å². The van der Waals surface area contributed by atoms with Crippen LogP contribution in [0.2, 0.25) is 0 Å². The first-order chi connectivity index (χ1) is 7.27. The number of halogens is 1. The molecule has 1 aromatic heterocycles. The molecule has 5 N–H and O–H groups in total. The Bertz CT molecular complexity index is 485. The van der Waals surface area contributed by atoms with Gasteiger partial charge in [-0.05, 0) is 18.1 Å². The molecule has 0 bridgehead atoms. The van der Waals surface area contributed by atoms with E-state index in [2.05, 4.69) is 22.1 Å². The summed E-state index contributed by atoms with van der Waals surface area (Å²) < 4.78 is 0. The lowest BCUT2D eigenvalue weighted by atomic mass is 10.1. The number of aromatic amines is 1. The Morgan fingerprint density at radius 1 is 1.25 bits per heavy atom.